The number of alkyl halides is 3. The highest BCUT2D eigenvalue weighted by molar-refractivity contribution is 5.36. The summed E-state index contributed by atoms with van der Waals surface area (Å²) in [4.78, 5) is 0. The van der Waals surface area contributed by atoms with Crippen molar-refractivity contribution in [1.82, 2.24) is 5.16 Å². The predicted octanol–water partition coefficient (Wildman–Crippen LogP) is 3.70. The molecular formula is C11H14F3NO. The van der Waals surface area contributed by atoms with Crippen molar-refractivity contribution in [3.05, 3.63) is 17.0 Å². The summed E-state index contributed by atoms with van der Waals surface area (Å²) in [7, 11) is 0. The molecule has 1 fully saturated rings. The van der Waals surface area contributed by atoms with Gasteiger partial charge in [-0.25, -0.2) is 0 Å². The number of halogens is 3. The van der Waals surface area contributed by atoms with Crippen molar-refractivity contribution in [2.45, 2.75) is 51.1 Å². The molecule has 1 aliphatic carbocycles. The highest BCUT2D eigenvalue weighted by Crippen LogP contribution is 2.59. The summed E-state index contributed by atoms with van der Waals surface area (Å²) in [5.74, 6) is 0.621. The lowest BCUT2D eigenvalue weighted by atomic mass is 9.95. The van der Waals surface area contributed by atoms with Gasteiger partial charge in [0, 0.05) is 11.5 Å². The first-order valence-electron chi connectivity index (χ1n) is 5.33. The van der Waals surface area contributed by atoms with Crippen LogP contribution < -0.4 is 0 Å². The summed E-state index contributed by atoms with van der Waals surface area (Å²) in [6.45, 7) is 5.42. The summed E-state index contributed by atoms with van der Waals surface area (Å²) >= 11 is 0. The second-order valence-electron chi connectivity index (χ2n) is 4.75. The first-order chi connectivity index (χ1) is 7.29. The van der Waals surface area contributed by atoms with E-state index in [2.05, 4.69) is 5.16 Å². The minimum absolute atomic E-state index is 0.0604. The van der Waals surface area contributed by atoms with Crippen LogP contribution >= 0.6 is 0 Å². The smallest absolute Gasteiger partial charge is 0.361 e. The fourth-order valence-corrected chi connectivity index (χ4v) is 2.11. The van der Waals surface area contributed by atoms with Crippen LogP contribution in [0, 0.1) is 6.92 Å². The number of hydrogen-bond acceptors (Lipinski definition) is 2. The number of rotatable bonds is 2. The Hall–Kier alpha value is -1.00. The molecule has 0 bridgehead atoms. The second-order valence-corrected chi connectivity index (χ2v) is 4.75. The van der Waals surface area contributed by atoms with Crippen molar-refractivity contribution in [2.75, 3.05) is 0 Å². The summed E-state index contributed by atoms with van der Waals surface area (Å²) < 4.78 is 43.7. The second kappa shape index (κ2) is 3.25. The molecule has 0 saturated heterocycles. The van der Waals surface area contributed by atoms with Gasteiger partial charge in [0.2, 0.25) is 0 Å². The predicted molar refractivity (Wildman–Crippen MR) is 52.3 cm³/mol. The van der Waals surface area contributed by atoms with Crippen molar-refractivity contribution in [1.29, 1.82) is 0 Å². The lowest BCUT2D eigenvalue weighted by Crippen LogP contribution is -2.29. The van der Waals surface area contributed by atoms with E-state index in [1.165, 1.54) is 0 Å². The SMILES string of the molecule is Cc1c(C2(C(F)(F)F)CC2)noc1C(C)C. The Bertz CT molecular complexity index is 402. The monoisotopic (exact) mass is 233 g/mol. The summed E-state index contributed by atoms with van der Waals surface area (Å²) in [6.07, 6.45) is -3.97. The van der Waals surface area contributed by atoms with E-state index >= 15 is 0 Å². The van der Waals surface area contributed by atoms with Crippen molar-refractivity contribution < 1.29 is 17.7 Å². The highest BCUT2D eigenvalue weighted by Gasteiger charge is 2.66. The molecule has 1 aromatic rings. The normalized spacial score (nSPS) is 19.2. The molecule has 0 spiro atoms. The molecule has 0 amide bonds. The first kappa shape index (κ1) is 11.5. The van der Waals surface area contributed by atoms with Gasteiger partial charge in [-0.05, 0) is 19.8 Å². The third kappa shape index (κ3) is 1.44. The Labute approximate surface area is 91.8 Å². The summed E-state index contributed by atoms with van der Waals surface area (Å²) in [5.41, 5.74) is -1.08. The Kier molecular flexibility index (Phi) is 2.33. The number of hydrogen-bond donors (Lipinski definition) is 0. The minimum atomic E-state index is -4.22. The molecule has 2 rings (SSSR count). The van der Waals surface area contributed by atoms with Gasteiger partial charge >= 0.3 is 6.18 Å². The maximum atomic E-state index is 12.9. The Morgan fingerprint density at radius 1 is 1.31 bits per heavy atom. The quantitative estimate of drug-likeness (QED) is 0.778. The Balaban J connectivity index is 2.43. The van der Waals surface area contributed by atoms with Crippen LogP contribution in [0.2, 0.25) is 0 Å². The van der Waals surface area contributed by atoms with Crippen LogP contribution in [-0.4, -0.2) is 11.3 Å². The van der Waals surface area contributed by atoms with E-state index in [-0.39, 0.29) is 24.5 Å². The largest absolute Gasteiger partial charge is 0.400 e. The molecule has 1 aromatic heterocycles. The van der Waals surface area contributed by atoms with Gasteiger partial charge in [0.15, 0.2) is 0 Å². The molecule has 0 aromatic carbocycles. The maximum Gasteiger partial charge on any atom is 0.400 e. The minimum Gasteiger partial charge on any atom is -0.361 e. The van der Waals surface area contributed by atoms with Gasteiger partial charge in [-0.2, -0.15) is 13.2 Å². The van der Waals surface area contributed by atoms with Crippen molar-refractivity contribution in [2.24, 2.45) is 0 Å². The molecule has 1 heterocycles. The number of nitrogens with zero attached hydrogens (tertiary/aromatic N) is 1. The molecule has 0 N–H and O–H groups in total. The van der Waals surface area contributed by atoms with Crippen LogP contribution in [0.4, 0.5) is 13.2 Å². The molecule has 1 saturated carbocycles. The van der Waals surface area contributed by atoms with Crippen LogP contribution in [0.5, 0.6) is 0 Å². The Morgan fingerprint density at radius 3 is 2.19 bits per heavy atom. The molecule has 0 atom stereocenters. The fraction of sp³-hybridized carbons (Fsp3) is 0.727. The zero-order chi connectivity index (χ0) is 12.1. The van der Waals surface area contributed by atoms with Gasteiger partial charge in [0.25, 0.3) is 0 Å². The van der Waals surface area contributed by atoms with Crippen LogP contribution in [0.3, 0.4) is 0 Å². The number of aromatic nitrogens is 1. The van der Waals surface area contributed by atoms with E-state index in [1.807, 2.05) is 13.8 Å². The van der Waals surface area contributed by atoms with Gasteiger partial charge in [0.05, 0.1) is 0 Å². The van der Waals surface area contributed by atoms with Crippen molar-refractivity contribution >= 4 is 0 Å². The van der Waals surface area contributed by atoms with E-state index in [0.29, 0.717) is 11.3 Å². The van der Waals surface area contributed by atoms with E-state index in [1.54, 1.807) is 6.92 Å². The third-order valence-corrected chi connectivity index (χ3v) is 3.23. The topological polar surface area (TPSA) is 26.0 Å². The van der Waals surface area contributed by atoms with Crippen LogP contribution in [0.25, 0.3) is 0 Å². The molecular weight excluding hydrogens is 219 g/mol. The average Bonchev–Trinajstić information content (AvgIpc) is 2.85. The van der Waals surface area contributed by atoms with Crippen LogP contribution in [0.15, 0.2) is 4.52 Å². The standard InChI is InChI=1S/C11H14F3NO/c1-6(2)8-7(3)9(15-16-8)10(4-5-10)11(12,13)14/h6H,4-5H2,1-3H3. The summed E-state index contributed by atoms with van der Waals surface area (Å²) in [6, 6.07) is 0. The van der Waals surface area contributed by atoms with E-state index in [9.17, 15) is 13.2 Å². The molecule has 0 radical (unpaired) electrons. The molecule has 5 heteroatoms. The zero-order valence-corrected chi connectivity index (χ0v) is 9.48. The highest BCUT2D eigenvalue weighted by atomic mass is 19.4. The third-order valence-electron chi connectivity index (χ3n) is 3.23. The van der Waals surface area contributed by atoms with Gasteiger partial charge in [-0.3, -0.25) is 0 Å². The van der Waals surface area contributed by atoms with Crippen LogP contribution in [0.1, 0.15) is 49.6 Å². The molecule has 0 unspecified atom stereocenters. The Morgan fingerprint density at radius 2 is 1.88 bits per heavy atom. The van der Waals surface area contributed by atoms with E-state index in [4.69, 9.17) is 4.52 Å². The first-order valence-corrected chi connectivity index (χ1v) is 5.33. The zero-order valence-electron chi connectivity index (χ0n) is 9.48. The maximum absolute atomic E-state index is 12.9. The fourth-order valence-electron chi connectivity index (χ4n) is 2.11. The van der Waals surface area contributed by atoms with E-state index in [0.717, 1.165) is 0 Å². The van der Waals surface area contributed by atoms with Gasteiger partial charge < -0.3 is 4.52 Å². The average molecular weight is 233 g/mol. The van der Waals surface area contributed by atoms with Crippen molar-refractivity contribution in [3.8, 4) is 0 Å². The van der Waals surface area contributed by atoms with Crippen molar-refractivity contribution in [3.63, 3.8) is 0 Å². The lowest BCUT2D eigenvalue weighted by molar-refractivity contribution is -0.162. The molecule has 0 aliphatic heterocycles. The summed E-state index contributed by atoms with van der Waals surface area (Å²) in [5, 5.41) is 3.64. The molecule has 2 nitrogen and oxygen atoms in total. The van der Waals surface area contributed by atoms with Gasteiger partial charge in [-0.1, -0.05) is 19.0 Å². The lowest BCUT2D eigenvalue weighted by Gasteiger charge is -2.17. The molecule has 16 heavy (non-hydrogen) atoms. The van der Waals surface area contributed by atoms with Gasteiger partial charge in [0.1, 0.15) is 16.9 Å². The molecule has 1 aliphatic rings. The van der Waals surface area contributed by atoms with Gasteiger partial charge in [-0.15, -0.1) is 0 Å². The molecule has 90 valence electrons. The van der Waals surface area contributed by atoms with E-state index < -0.39 is 11.6 Å². The van der Waals surface area contributed by atoms with Crippen LogP contribution in [-0.2, 0) is 5.41 Å².